The summed E-state index contributed by atoms with van der Waals surface area (Å²) in [4.78, 5) is 14.3. The molecule has 0 bridgehead atoms. The second-order valence-corrected chi connectivity index (χ2v) is 18.0. The molecule has 0 radical (unpaired) electrons. The van der Waals surface area contributed by atoms with E-state index in [2.05, 4.69) is 58.3 Å². The zero-order valence-corrected chi connectivity index (χ0v) is 35.8. The van der Waals surface area contributed by atoms with E-state index < -0.39 is 20.7 Å². The summed E-state index contributed by atoms with van der Waals surface area (Å²) in [6.45, 7) is 4.25. The molecule has 318 valence electrons. The molecule has 1 amide bonds. The predicted molar refractivity (Wildman–Crippen MR) is 240 cm³/mol. The van der Waals surface area contributed by atoms with E-state index in [1.807, 2.05) is 66.7 Å². The largest absolute Gasteiger partial charge is 0.593 e. The van der Waals surface area contributed by atoms with Crippen molar-refractivity contribution >= 4 is 56.4 Å². The fraction of sp³-hybridized carbons (Fsp3) is 0.256. The summed E-state index contributed by atoms with van der Waals surface area (Å²) < 4.78 is 29.1. The molecular formula is C43H47ClN10O5S2. The number of carbonyl (C=O) groups is 1. The first-order valence-corrected chi connectivity index (χ1v) is 22.6. The second kappa shape index (κ2) is 20.0. The predicted octanol–water partition coefficient (Wildman–Crippen LogP) is 6.73. The summed E-state index contributed by atoms with van der Waals surface area (Å²) in [7, 11) is -3.45. The summed E-state index contributed by atoms with van der Waals surface area (Å²) in [5, 5.41) is 48.9. The number of quaternary nitrogens is 1. The summed E-state index contributed by atoms with van der Waals surface area (Å²) in [5.74, 6) is 0.676. The Morgan fingerprint density at radius 1 is 0.984 bits per heavy atom. The molecule has 5 aromatic carbocycles. The van der Waals surface area contributed by atoms with Crippen LogP contribution in [0.15, 0.2) is 131 Å². The van der Waals surface area contributed by atoms with Gasteiger partial charge in [-0.05, 0) is 83.8 Å². The molecule has 1 aliphatic heterocycles. The Bertz CT molecular complexity index is 2470. The molecule has 6 N–H and O–H groups in total. The number of benzene rings is 5. The lowest BCUT2D eigenvalue weighted by molar-refractivity contribution is -0.00402. The van der Waals surface area contributed by atoms with Crippen molar-refractivity contribution in [2.24, 2.45) is 0 Å². The number of rotatable bonds is 20. The topological polar surface area (TPSA) is 200 Å². The lowest BCUT2D eigenvalue weighted by Crippen LogP contribution is -2.47. The number of aromatic nitrogens is 4. The molecular weight excluding hydrogens is 836 g/mol. The van der Waals surface area contributed by atoms with E-state index in [4.69, 9.17) is 11.6 Å². The fourth-order valence-corrected chi connectivity index (χ4v) is 9.07. The number of anilines is 2. The first-order chi connectivity index (χ1) is 29.4. The molecule has 61 heavy (non-hydrogen) atoms. The zero-order chi connectivity index (χ0) is 42.8. The Hall–Kier alpha value is -5.37. The first-order valence-electron chi connectivity index (χ1n) is 19.7. The van der Waals surface area contributed by atoms with Crippen LogP contribution in [0.4, 0.5) is 17.1 Å². The van der Waals surface area contributed by atoms with E-state index in [0.717, 1.165) is 60.0 Å². The van der Waals surface area contributed by atoms with Gasteiger partial charge in [0.1, 0.15) is 7.05 Å². The van der Waals surface area contributed by atoms with E-state index in [0.29, 0.717) is 42.7 Å². The molecule has 1 aromatic heterocycles. The summed E-state index contributed by atoms with van der Waals surface area (Å²) in [6, 6.07) is 36.0. The normalized spacial score (nSPS) is 14.8. The lowest BCUT2D eigenvalue weighted by atomic mass is 9.99. The van der Waals surface area contributed by atoms with Gasteiger partial charge in [-0.15, -0.1) is 22.0 Å². The Kier molecular flexibility index (Phi) is 14.3. The molecule has 1 aliphatic rings. The number of hydroxylamine groups is 2. The quantitative estimate of drug-likeness (QED) is 0.0204. The van der Waals surface area contributed by atoms with Crippen LogP contribution in [-0.2, 0) is 16.6 Å². The van der Waals surface area contributed by atoms with Gasteiger partial charge in [-0.25, -0.2) is 18.3 Å². The summed E-state index contributed by atoms with van der Waals surface area (Å²) in [5.41, 5.74) is 4.31. The highest BCUT2D eigenvalue weighted by Gasteiger charge is 2.32. The van der Waals surface area contributed by atoms with Crippen molar-refractivity contribution in [3.63, 3.8) is 0 Å². The van der Waals surface area contributed by atoms with E-state index in [1.54, 1.807) is 23.9 Å². The van der Waals surface area contributed by atoms with Gasteiger partial charge in [0, 0.05) is 84.2 Å². The summed E-state index contributed by atoms with van der Waals surface area (Å²) in [6.07, 6.45) is 0.689. The highest BCUT2D eigenvalue weighted by Crippen LogP contribution is 2.34. The van der Waals surface area contributed by atoms with Crippen molar-refractivity contribution in [3.8, 4) is 11.1 Å². The van der Waals surface area contributed by atoms with Gasteiger partial charge < -0.3 is 26.1 Å². The lowest BCUT2D eigenvalue weighted by Gasteiger charge is -2.38. The maximum absolute atomic E-state index is 13.5. The van der Waals surface area contributed by atoms with Crippen LogP contribution >= 0.6 is 23.4 Å². The molecule has 2 atom stereocenters. The van der Waals surface area contributed by atoms with Gasteiger partial charge >= 0.3 is 0 Å². The highest BCUT2D eigenvalue weighted by molar-refractivity contribution is 7.99. The number of thioether (sulfide) groups is 1. The van der Waals surface area contributed by atoms with E-state index in [1.165, 1.54) is 24.3 Å². The average molecular weight is 884 g/mol. The molecule has 2 heterocycles. The minimum Gasteiger partial charge on any atom is -0.593 e. The van der Waals surface area contributed by atoms with E-state index in [9.17, 15) is 23.6 Å². The number of H-pyrrole nitrogens is 1. The number of amides is 1. The maximum atomic E-state index is 13.5. The van der Waals surface area contributed by atoms with Gasteiger partial charge in [-0.1, -0.05) is 71.4 Å². The number of sulfonamides is 1. The standard InChI is InChI=1S/C43H47ClN10O5S2/c1-54(56,57)41-25-38(19-20-40(41)47-36(29-60-37-8-3-2-4-9-37)21-24-53-27-33(28-53)42-48-51-52-49-42)61(58,59)50-43(55)31-13-17-35(18-14-31)46-23-22-45-26-32-7-5-6-10-39(32)30-11-15-34(44)16-12-30/h2-20,25,33,36,45-47,56H,21-24,26-29H2,1H3,(H,50,55)(H,48,49,51,52)/t36-/m1/s1. The van der Waals surface area contributed by atoms with Crippen molar-refractivity contribution < 1.29 is 18.4 Å². The molecule has 0 spiro atoms. The Balaban J connectivity index is 0.938. The molecule has 0 saturated carbocycles. The van der Waals surface area contributed by atoms with Crippen LogP contribution < -0.4 is 25.5 Å². The number of hydrogen-bond donors (Lipinski definition) is 6. The number of nitrogens with one attached hydrogen (secondary N) is 5. The SMILES string of the molecule is C[N+]([O-])(O)c1cc(S(=O)(=O)NC(=O)c2ccc(NCCNCc3ccccc3-c3ccc(Cl)cc3)cc2)ccc1N[C@H](CCN1CC(c2nn[nH]n2)C1)CSc1ccccc1. The summed E-state index contributed by atoms with van der Waals surface area (Å²) >= 11 is 7.72. The number of nitrogens with zero attached hydrogens (tertiary/aromatic N) is 5. The van der Waals surface area contributed by atoms with Crippen molar-refractivity contribution in [1.29, 1.82) is 0 Å². The smallest absolute Gasteiger partial charge is 0.264 e. The monoisotopic (exact) mass is 882 g/mol. The molecule has 7 rings (SSSR count). The Morgan fingerprint density at radius 2 is 1.72 bits per heavy atom. The van der Waals surface area contributed by atoms with Crippen LogP contribution in [0.1, 0.15) is 34.1 Å². The van der Waals surface area contributed by atoms with Crippen LogP contribution in [-0.4, -0.2) is 96.6 Å². The fourth-order valence-electron chi connectivity index (χ4n) is 6.95. The number of hydrogen-bond acceptors (Lipinski definition) is 13. The third kappa shape index (κ3) is 11.9. The van der Waals surface area contributed by atoms with Crippen LogP contribution in [0, 0.1) is 5.21 Å². The number of carbonyl (C=O) groups excluding carboxylic acids is 1. The van der Waals surface area contributed by atoms with Gasteiger partial charge in [-0.3, -0.25) is 4.79 Å². The van der Waals surface area contributed by atoms with Gasteiger partial charge in [0.05, 0.1) is 10.6 Å². The van der Waals surface area contributed by atoms with Crippen LogP contribution in [0.5, 0.6) is 0 Å². The van der Waals surface area contributed by atoms with Crippen molar-refractivity contribution in [2.75, 3.05) is 56.2 Å². The van der Waals surface area contributed by atoms with Crippen LogP contribution in [0.3, 0.4) is 0 Å². The molecule has 1 saturated heterocycles. The van der Waals surface area contributed by atoms with Gasteiger partial charge in [0.25, 0.3) is 15.9 Å². The molecule has 0 aliphatic carbocycles. The number of likely N-dealkylation sites (tertiary alicyclic amines) is 1. The van der Waals surface area contributed by atoms with Crippen LogP contribution in [0.25, 0.3) is 11.1 Å². The molecule has 1 unspecified atom stereocenters. The molecule has 15 nitrogen and oxygen atoms in total. The number of halogens is 1. The average Bonchev–Trinajstić information content (AvgIpc) is 3.77. The molecule has 1 fully saturated rings. The molecule has 6 aromatic rings. The van der Waals surface area contributed by atoms with E-state index >= 15 is 0 Å². The minimum atomic E-state index is -4.44. The van der Waals surface area contributed by atoms with Crippen molar-refractivity contribution in [2.45, 2.75) is 34.7 Å². The number of aromatic amines is 1. The van der Waals surface area contributed by atoms with Crippen LogP contribution in [0.2, 0.25) is 5.02 Å². The van der Waals surface area contributed by atoms with Crippen molar-refractivity contribution in [1.82, 2.24) is 40.4 Å². The Labute approximate surface area is 364 Å². The third-order valence-corrected chi connectivity index (χ3v) is 13.0. The Morgan fingerprint density at radius 3 is 2.44 bits per heavy atom. The second-order valence-electron chi connectivity index (χ2n) is 14.8. The first kappa shape index (κ1) is 43.7. The van der Waals surface area contributed by atoms with Gasteiger partial charge in [0.2, 0.25) is 0 Å². The number of tetrazole rings is 1. The minimum absolute atomic E-state index is 0.126. The van der Waals surface area contributed by atoms with Gasteiger partial charge in [0.15, 0.2) is 11.5 Å². The van der Waals surface area contributed by atoms with Crippen molar-refractivity contribution in [3.05, 3.63) is 149 Å². The molecule has 18 heteroatoms. The third-order valence-electron chi connectivity index (χ3n) is 10.3. The zero-order valence-electron chi connectivity index (χ0n) is 33.4. The van der Waals surface area contributed by atoms with E-state index in [-0.39, 0.29) is 33.8 Å². The highest BCUT2D eigenvalue weighted by atomic mass is 35.5. The maximum Gasteiger partial charge on any atom is 0.264 e. The van der Waals surface area contributed by atoms with Gasteiger partial charge in [-0.2, -0.15) is 10.0 Å².